The zero-order chi connectivity index (χ0) is 9.47. The van der Waals surface area contributed by atoms with Crippen molar-refractivity contribution < 1.29 is 4.79 Å². The van der Waals surface area contributed by atoms with Crippen molar-refractivity contribution in [1.82, 2.24) is 4.90 Å². The van der Waals surface area contributed by atoms with Gasteiger partial charge in [-0.1, -0.05) is 6.92 Å². The second-order valence-electron chi connectivity index (χ2n) is 5.10. The minimum atomic E-state index is 0.397. The monoisotopic (exact) mass is 181 g/mol. The molecule has 1 heterocycles. The molecule has 1 saturated carbocycles. The average molecular weight is 181 g/mol. The summed E-state index contributed by atoms with van der Waals surface area (Å²) in [7, 11) is 2.18. The van der Waals surface area contributed by atoms with Gasteiger partial charge in [-0.2, -0.15) is 0 Å². The van der Waals surface area contributed by atoms with Crippen LogP contribution >= 0.6 is 0 Å². The van der Waals surface area contributed by atoms with Gasteiger partial charge in [-0.05, 0) is 50.7 Å². The molecule has 0 spiro atoms. The van der Waals surface area contributed by atoms with Crippen LogP contribution in [0.25, 0.3) is 0 Å². The van der Waals surface area contributed by atoms with Gasteiger partial charge in [0, 0.05) is 5.92 Å². The van der Waals surface area contributed by atoms with Crippen molar-refractivity contribution in [2.24, 2.45) is 17.3 Å². The van der Waals surface area contributed by atoms with Crippen molar-refractivity contribution in [3.05, 3.63) is 0 Å². The molecule has 1 saturated heterocycles. The van der Waals surface area contributed by atoms with Gasteiger partial charge in [-0.25, -0.2) is 0 Å². The Hall–Kier alpha value is -0.370. The van der Waals surface area contributed by atoms with Crippen LogP contribution in [0.5, 0.6) is 0 Å². The minimum absolute atomic E-state index is 0.397. The van der Waals surface area contributed by atoms with Gasteiger partial charge in [0.1, 0.15) is 6.29 Å². The molecule has 0 bridgehead atoms. The molecule has 2 atom stereocenters. The third kappa shape index (κ3) is 1.64. The van der Waals surface area contributed by atoms with E-state index in [1.54, 1.807) is 0 Å². The van der Waals surface area contributed by atoms with Crippen LogP contribution in [0.2, 0.25) is 0 Å². The molecule has 0 aromatic heterocycles. The number of hydrogen-bond acceptors (Lipinski definition) is 2. The molecule has 13 heavy (non-hydrogen) atoms. The lowest BCUT2D eigenvalue weighted by molar-refractivity contribution is -0.109. The van der Waals surface area contributed by atoms with Gasteiger partial charge in [0.25, 0.3) is 0 Å². The van der Waals surface area contributed by atoms with Crippen LogP contribution in [0.1, 0.15) is 26.2 Å². The van der Waals surface area contributed by atoms with Crippen molar-refractivity contribution >= 4 is 6.29 Å². The van der Waals surface area contributed by atoms with Crippen LogP contribution in [0.3, 0.4) is 0 Å². The number of carbonyl (C=O) groups excluding carboxylic acids is 1. The van der Waals surface area contributed by atoms with Crippen molar-refractivity contribution in [2.75, 3.05) is 20.1 Å². The number of carbonyl (C=O) groups is 1. The van der Waals surface area contributed by atoms with Crippen molar-refractivity contribution in [1.29, 1.82) is 0 Å². The Morgan fingerprint density at radius 1 is 1.38 bits per heavy atom. The molecule has 2 aliphatic rings. The predicted molar refractivity (Wildman–Crippen MR) is 52.5 cm³/mol. The molecular formula is C11H19NO. The first-order chi connectivity index (χ1) is 6.15. The Labute approximate surface area is 80.3 Å². The zero-order valence-corrected chi connectivity index (χ0v) is 8.62. The molecule has 1 aliphatic heterocycles. The highest BCUT2D eigenvalue weighted by molar-refractivity contribution is 5.58. The second-order valence-corrected chi connectivity index (χ2v) is 5.10. The Morgan fingerprint density at radius 2 is 2.00 bits per heavy atom. The summed E-state index contributed by atoms with van der Waals surface area (Å²) in [5.74, 6) is 1.10. The van der Waals surface area contributed by atoms with E-state index < -0.39 is 0 Å². The molecule has 1 aliphatic carbocycles. The lowest BCUT2D eigenvalue weighted by Gasteiger charge is -2.38. The highest BCUT2D eigenvalue weighted by Crippen LogP contribution is 2.54. The van der Waals surface area contributed by atoms with E-state index in [2.05, 4.69) is 18.9 Å². The standard InChI is InChI=1S/C11H19NO/c1-11(10-7-9(10)8-13)3-5-12(2)6-4-11/h8-10H,3-7H2,1-2H3. The molecule has 0 N–H and O–H groups in total. The van der Waals surface area contributed by atoms with Crippen LogP contribution in [-0.2, 0) is 4.79 Å². The van der Waals surface area contributed by atoms with Crippen LogP contribution in [-0.4, -0.2) is 31.3 Å². The molecule has 0 radical (unpaired) electrons. The molecule has 2 heteroatoms. The molecule has 74 valence electrons. The summed E-state index contributed by atoms with van der Waals surface area (Å²) in [4.78, 5) is 13.0. The fourth-order valence-electron chi connectivity index (χ4n) is 2.67. The lowest BCUT2D eigenvalue weighted by atomic mass is 9.75. The molecule has 0 amide bonds. The first-order valence-electron chi connectivity index (χ1n) is 5.29. The molecule has 0 aromatic carbocycles. The normalized spacial score (nSPS) is 38.6. The van der Waals surface area contributed by atoms with E-state index in [0.717, 1.165) is 12.7 Å². The van der Waals surface area contributed by atoms with Crippen LogP contribution in [0, 0.1) is 17.3 Å². The Bertz CT molecular complexity index is 206. The second kappa shape index (κ2) is 3.09. The fraction of sp³-hybridized carbons (Fsp3) is 0.909. The summed E-state index contributed by atoms with van der Waals surface area (Å²) in [6, 6.07) is 0. The quantitative estimate of drug-likeness (QED) is 0.602. The molecule has 2 nitrogen and oxygen atoms in total. The lowest BCUT2D eigenvalue weighted by Crippen LogP contribution is -2.37. The molecule has 2 unspecified atom stereocenters. The summed E-state index contributed by atoms with van der Waals surface area (Å²) in [5, 5.41) is 0. The Kier molecular flexibility index (Phi) is 2.18. The minimum Gasteiger partial charge on any atom is -0.306 e. The smallest absolute Gasteiger partial charge is 0.123 e. The average Bonchev–Trinajstić information content (AvgIpc) is 2.90. The van der Waals surface area contributed by atoms with E-state index in [1.165, 1.54) is 25.9 Å². The summed E-state index contributed by atoms with van der Waals surface area (Å²) < 4.78 is 0. The van der Waals surface area contributed by atoms with Gasteiger partial charge in [0.2, 0.25) is 0 Å². The van der Waals surface area contributed by atoms with Gasteiger partial charge in [-0.15, -0.1) is 0 Å². The van der Waals surface area contributed by atoms with Crippen LogP contribution in [0.4, 0.5) is 0 Å². The molecule has 0 aromatic rings. The highest BCUT2D eigenvalue weighted by atomic mass is 16.1. The first-order valence-corrected chi connectivity index (χ1v) is 5.29. The molecule has 2 rings (SSSR count). The van der Waals surface area contributed by atoms with Gasteiger partial charge in [-0.3, -0.25) is 0 Å². The van der Waals surface area contributed by atoms with E-state index in [-0.39, 0.29) is 0 Å². The van der Waals surface area contributed by atoms with Crippen LogP contribution in [0.15, 0.2) is 0 Å². The number of hydrogen-bond donors (Lipinski definition) is 0. The van der Waals surface area contributed by atoms with Gasteiger partial charge < -0.3 is 9.69 Å². The van der Waals surface area contributed by atoms with Gasteiger partial charge >= 0.3 is 0 Å². The van der Waals surface area contributed by atoms with E-state index in [0.29, 0.717) is 17.3 Å². The topological polar surface area (TPSA) is 20.3 Å². The molecule has 2 fully saturated rings. The SMILES string of the molecule is CN1CCC(C)(C2CC2C=O)CC1. The number of nitrogens with zero attached hydrogens (tertiary/aromatic N) is 1. The van der Waals surface area contributed by atoms with Gasteiger partial charge in [0.05, 0.1) is 0 Å². The van der Waals surface area contributed by atoms with Gasteiger partial charge in [0.15, 0.2) is 0 Å². The van der Waals surface area contributed by atoms with Crippen molar-refractivity contribution in [3.8, 4) is 0 Å². The third-order valence-corrected chi connectivity index (χ3v) is 4.04. The fourth-order valence-corrected chi connectivity index (χ4v) is 2.67. The summed E-state index contributed by atoms with van der Waals surface area (Å²) >= 11 is 0. The number of piperidine rings is 1. The summed E-state index contributed by atoms with van der Waals surface area (Å²) in [6.45, 7) is 4.78. The van der Waals surface area contributed by atoms with E-state index >= 15 is 0 Å². The highest BCUT2D eigenvalue weighted by Gasteiger charge is 2.50. The maximum absolute atomic E-state index is 10.6. The Morgan fingerprint density at radius 3 is 2.46 bits per heavy atom. The largest absolute Gasteiger partial charge is 0.306 e. The van der Waals surface area contributed by atoms with E-state index in [1.807, 2.05) is 0 Å². The maximum atomic E-state index is 10.6. The zero-order valence-electron chi connectivity index (χ0n) is 8.62. The third-order valence-electron chi connectivity index (χ3n) is 4.04. The molecular weight excluding hydrogens is 162 g/mol. The van der Waals surface area contributed by atoms with Crippen molar-refractivity contribution in [2.45, 2.75) is 26.2 Å². The maximum Gasteiger partial charge on any atom is 0.123 e. The number of likely N-dealkylation sites (tertiary alicyclic amines) is 1. The van der Waals surface area contributed by atoms with Crippen LogP contribution < -0.4 is 0 Å². The predicted octanol–water partition coefficient (Wildman–Crippen LogP) is 1.55. The number of rotatable bonds is 2. The Balaban J connectivity index is 1.94. The number of aldehydes is 1. The van der Waals surface area contributed by atoms with E-state index in [4.69, 9.17) is 0 Å². The summed E-state index contributed by atoms with van der Waals surface area (Å²) in [5.41, 5.74) is 0.470. The summed E-state index contributed by atoms with van der Waals surface area (Å²) in [6.07, 6.45) is 4.87. The van der Waals surface area contributed by atoms with E-state index in [9.17, 15) is 4.79 Å². The first kappa shape index (κ1) is 9.20. The van der Waals surface area contributed by atoms with Crippen molar-refractivity contribution in [3.63, 3.8) is 0 Å².